The van der Waals surface area contributed by atoms with Crippen molar-refractivity contribution in [3.8, 4) is 0 Å². The normalized spacial score (nSPS) is 19.3. The number of hydrogen-bond acceptors (Lipinski definition) is 0. The minimum Gasteiger partial charge on any atom is -0.0587 e. The van der Waals surface area contributed by atoms with Gasteiger partial charge in [-0.15, -0.1) is 0 Å². The van der Waals surface area contributed by atoms with Gasteiger partial charge in [0.2, 0.25) is 0 Å². The molecule has 0 saturated heterocycles. The average Bonchev–Trinajstić information content (AvgIpc) is 2.73. The molecule has 2 aromatic carbocycles. The summed E-state index contributed by atoms with van der Waals surface area (Å²) in [5, 5.41) is 0. The molecule has 0 aliphatic heterocycles. The van der Waals surface area contributed by atoms with Crippen LogP contribution in [-0.2, 0) is 19.3 Å². The molecule has 0 heteroatoms. The van der Waals surface area contributed by atoms with E-state index >= 15 is 0 Å². The van der Waals surface area contributed by atoms with Crippen LogP contribution in [0.1, 0.15) is 86.5 Å². The van der Waals surface area contributed by atoms with Gasteiger partial charge in [0.15, 0.2) is 0 Å². The molecule has 2 fully saturated rings. The zero-order valence-corrected chi connectivity index (χ0v) is 17.0. The van der Waals surface area contributed by atoms with E-state index in [0.717, 1.165) is 18.3 Å². The Morgan fingerprint density at radius 3 is 1.15 bits per heavy atom. The molecule has 0 atom stereocenters. The summed E-state index contributed by atoms with van der Waals surface area (Å²) in [4.78, 5) is 0. The maximum atomic E-state index is 2.38. The third kappa shape index (κ3) is 5.71. The molecular formula is C27H36. The summed E-state index contributed by atoms with van der Waals surface area (Å²) in [6.45, 7) is 0. The summed E-state index contributed by atoms with van der Waals surface area (Å²) in [5.74, 6) is 1.86. The van der Waals surface area contributed by atoms with Crippen LogP contribution in [-0.4, -0.2) is 0 Å². The van der Waals surface area contributed by atoms with Crippen LogP contribution in [0.3, 0.4) is 0 Å². The van der Waals surface area contributed by atoms with Crippen molar-refractivity contribution in [3.05, 3.63) is 70.8 Å². The molecule has 2 aromatic rings. The Morgan fingerprint density at radius 1 is 0.444 bits per heavy atom. The number of rotatable bonds is 6. The summed E-state index contributed by atoms with van der Waals surface area (Å²) >= 11 is 0. The molecule has 0 spiro atoms. The van der Waals surface area contributed by atoms with Gasteiger partial charge >= 0.3 is 0 Å². The lowest BCUT2D eigenvalue weighted by Crippen LogP contribution is -2.09. The van der Waals surface area contributed by atoms with Crippen LogP contribution < -0.4 is 0 Å². The van der Waals surface area contributed by atoms with Crippen molar-refractivity contribution in [3.63, 3.8) is 0 Å². The molecule has 2 aliphatic carbocycles. The minimum absolute atomic E-state index is 0.932. The van der Waals surface area contributed by atoms with E-state index in [-0.39, 0.29) is 0 Å². The van der Waals surface area contributed by atoms with Gasteiger partial charge in [0.25, 0.3) is 0 Å². The number of hydrogen-bond donors (Lipinski definition) is 0. The summed E-state index contributed by atoms with van der Waals surface area (Å²) in [6.07, 6.45) is 18.1. The van der Waals surface area contributed by atoms with Gasteiger partial charge in [0.1, 0.15) is 0 Å². The molecule has 0 heterocycles. The predicted molar refractivity (Wildman–Crippen MR) is 116 cm³/mol. The van der Waals surface area contributed by atoms with E-state index in [1.54, 1.807) is 0 Å². The predicted octanol–water partition coefficient (Wildman–Crippen LogP) is 7.52. The molecule has 0 radical (unpaired) electrons. The number of benzene rings is 2. The highest BCUT2D eigenvalue weighted by molar-refractivity contribution is 5.31. The van der Waals surface area contributed by atoms with Gasteiger partial charge < -0.3 is 0 Å². The molecule has 144 valence electrons. The third-order valence-electron chi connectivity index (χ3n) is 6.95. The van der Waals surface area contributed by atoms with Crippen molar-refractivity contribution in [2.75, 3.05) is 0 Å². The van der Waals surface area contributed by atoms with E-state index in [1.807, 2.05) is 0 Å². The average molecular weight is 361 g/mol. The second-order valence-corrected chi connectivity index (χ2v) is 9.23. The van der Waals surface area contributed by atoms with Gasteiger partial charge in [-0.2, -0.15) is 0 Å². The van der Waals surface area contributed by atoms with Crippen molar-refractivity contribution < 1.29 is 0 Å². The van der Waals surface area contributed by atoms with E-state index in [9.17, 15) is 0 Å². The highest BCUT2D eigenvalue weighted by atomic mass is 14.2. The summed E-state index contributed by atoms with van der Waals surface area (Å²) < 4.78 is 0. The van der Waals surface area contributed by atoms with E-state index in [0.29, 0.717) is 0 Å². The van der Waals surface area contributed by atoms with Crippen LogP contribution in [0.2, 0.25) is 0 Å². The first-order chi connectivity index (χ1) is 13.3. The molecule has 0 N–H and O–H groups in total. The fourth-order valence-electron chi connectivity index (χ4n) is 5.27. The lowest BCUT2D eigenvalue weighted by atomic mass is 9.84. The smallest absolute Gasteiger partial charge is 0.00258 e. The maximum Gasteiger partial charge on any atom is -0.00258 e. The molecule has 0 nitrogen and oxygen atoms in total. The first kappa shape index (κ1) is 18.8. The van der Waals surface area contributed by atoms with Gasteiger partial charge in [-0.05, 0) is 53.4 Å². The Morgan fingerprint density at radius 2 is 0.778 bits per heavy atom. The van der Waals surface area contributed by atoms with Crippen molar-refractivity contribution in [2.24, 2.45) is 11.8 Å². The Kier molecular flexibility index (Phi) is 6.67. The van der Waals surface area contributed by atoms with Crippen LogP contribution in [0.4, 0.5) is 0 Å². The van der Waals surface area contributed by atoms with E-state index < -0.39 is 0 Å². The van der Waals surface area contributed by atoms with Crippen molar-refractivity contribution in [2.45, 2.75) is 83.5 Å². The van der Waals surface area contributed by atoms with Crippen molar-refractivity contribution in [1.82, 2.24) is 0 Å². The Bertz CT molecular complexity index is 605. The van der Waals surface area contributed by atoms with Crippen LogP contribution in [0, 0.1) is 11.8 Å². The summed E-state index contributed by atoms with van der Waals surface area (Å²) in [5.41, 5.74) is 5.96. The van der Waals surface area contributed by atoms with Gasteiger partial charge in [-0.25, -0.2) is 0 Å². The monoisotopic (exact) mass is 360 g/mol. The second kappa shape index (κ2) is 9.58. The standard InChI is InChI=1S/C27H36/c1-3-7-22(8-4-1)19-24-11-15-26(16-12-24)21-27-17-13-25(14-18-27)20-23-9-5-2-6-10-23/h11-18,22-23H,1-10,19-21H2. The fourth-order valence-corrected chi connectivity index (χ4v) is 5.27. The topological polar surface area (TPSA) is 0 Å². The molecule has 0 unspecified atom stereocenters. The van der Waals surface area contributed by atoms with Gasteiger partial charge in [0, 0.05) is 0 Å². The minimum atomic E-state index is 0.932. The van der Waals surface area contributed by atoms with Crippen LogP contribution in [0.5, 0.6) is 0 Å². The SMILES string of the molecule is c1cc(CC2CCCCC2)ccc1Cc1ccc(CC2CCCCC2)cc1. The molecule has 0 aromatic heterocycles. The zero-order valence-electron chi connectivity index (χ0n) is 17.0. The Balaban J connectivity index is 1.29. The first-order valence-electron chi connectivity index (χ1n) is 11.5. The van der Waals surface area contributed by atoms with Gasteiger partial charge in [-0.3, -0.25) is 0 Å². The first-order valence-corrected chi connectivity index (χ1v) is 11.5. The molecule has 0 amide bonds. The lowest BCUT2D eigenvalue weighted by Gasteiger charge is -2.21. The summed E-state index contributed by atoms with van der Waals surface area (Å²) in [7, 11) is 0. The molecule has 4 rings (SSSR count). The van der Waals surface area contributed by atoms with Crippen LogP contribution in [0.25, 0.3) is 0 Å². The van der Waals surface area contributed by atoms with Gasteiger partial charge in [0.05, 0.1) is 0 Å². The highest BCUT2D eigenvalue weighted by Gasteiger charge is 2.14. The molecule has 2 saturated carbocycles. The Hall–Kier alpha value is -1.56. The summed E-state index contributed by atoms with van der Waals surface area (Å²) in [6, 6.07) is 18.9. The molecule has 2 aliphatic rings. The van der Waals surface area contributed by atoms with Gasteiger partial charge in [-0.1, -0.05) is 113 Å². The largest absolute Gasteiger partial charge is 0.0587 e. The van der Waals surface area contributed by atoms with Crippen molar-refractivity contribution >= 4 is 0 Å². The zero-order chi connectivity index (χ0) is 18.3. The highest BCUT2D eigenvalue weighted by Crippen LogP contribution is 2.28. The van der Waals surface area contributed by atoms with Crippen molar-refractivity contribution in [1.29, 1.82) is 0 Å². The van der Waals surface area contributed by atoms with E-state index in [1.165, 1.54) is 99.3 Å². The molecular weight excluding hydrogens is 324 g/mol. The second-order valence-electron chi connectivity index (χ2n) is 9.23. The third-order valence-corrected chi connectivity index (χ3v) is 6.95. The molecule has 27 heavy (non-hydrogen) atoms. The van der Waals surface area contributed by atoms with E-state index in [2.05, 4.69) is 48.5 Å². The van der Waals surface area contributed by atoms with Crippen LogP contribution >= 0.6 is 0 Å². The lowest BCUT2D eigenvalue weighted by molar-refractivity contribution is 0.356. The van der Waals surface area contributed by atoms with Crippen LogP contribution in [0.15, 0.2) is 48.5 Å². The van der Waals surface area contributed by atoms with E-state index in [4.69, 9.17) is 0 Å². The Labute approximate surface area is 166 Å². The maximum absolute atomic E-state index is 2.38. The quantitative estimate of drug-likeness (QED) is 0.499. The fraction of sp³-hybridized carbons (Fsp3) is 0.556. The molecule has 0 bridgehead atoms.